The highest BCUT2D eigenvalue weighted by Gasteiger charge is 2.10. The fraction of sp³-hybridized carbons (Fsp3) is 0. The number of halogens is 2. The molecule has 4 rings (SSSR count). The van der Waals surface area contributed by atoms with E-state index in [1.54, 1.807) is 12.1 Å². The van der Waals surface area contributed by atoms with Crippen LogP contribution in [-0.4, -0.2) is 12.1 Å². The first-order valence-electron chi connectivity index (χ1n) is 8.63. The number of nitrogens with one attached hydrogen (secondary N) is 1. The molecule has 0 unspecified atom stereocenters. The largest absolute Gasteiger partial charge is 0.447 e. The van der Waals surface area contributed by atoms with Crippen molar-refractivity contribution in [1.29, 1.82) is 0 Å². The van der Waals surface area contributed by atoms with Gasteiger partial charge < -0.3 is 4.42 Å². The molecule has 0 saturated carbocycles. The Morgan fingerprint density at radius 3 is 2.59 bits per heavy atom. The molecule has 29 heavy (non-hydrogen) atoms. The zero-order valence-electron chi connectivity index (χ0n) is 14.9. The predicted molar refractivity (Wildman–Crippen MR) is 121 cm³/mol. The van der Waals surface area contributed by atoms with Crippen molar-refractivity contribution in [3.05, 3.63) is 93.6 Å². The van der Waals surface area contributed by atoms with E-state index in [0.717, 1.165) is 20.1 Å². The number of furan rings is 1. The second kappa shape index (κ2) is 8.86. The molecule has 4 nitrogen and oxygen atoms in total. The van der Waals surface area contributed by atoms with Crippen LogP contribution in [0.5, 0.6) is 0 Å². The molecule has 1 heterocycles. The van der Waals surface area contributed by atoms with Crippen LogP contribution in [0.1, 0.15) is 16.1 Å². The third-order valence-electron chi connectivity index (χ3n) is 4.07. The second-order valence-corrected chi connectivity index (χ2v) is 8.44. The Labute approximate surface area is 185 Å². The lowest BCUT2D eigenvalue weighted by molar-refractivity contribution is 0.0955. The Hall–Kier alpha value is -2.54. The second-order valence-electron chi connectivity index (χ2n) is 6.10. The van der Waals surface area contributed by atoms with Crippen molar-refractivity contribution >= 4 is 62.2 Å². The number of fused-ring (bicyclic) bond motifs is 1. The van der Waals surface area contributed by atoms with E-state index in [4.69, 9.17) is 16.0 Å². The summed E-state index contributed by atoms with van der Waals surface area (Å²) < 4.78 is 6.58. The maximum Gasteiger partial charge on any atom is 0.271 e. The van der Waals surface area contributed by atoms with Crippen molar-refractivity contribution in [2.45, 2.75) is 9.99 Å². The summed E-state index contributed by atoms with van der Waals surface area (Å²) >= 11 is 10.9. The van der Waals surface area contributed by atoms with Crippen molar-refractivity contribution in [2.75, 3.05) is 0 Å². The zero-order valence-corrected chi connectivity index (χ0v) is 18.1. The van der Waals surface area contributed by atoms with Gasteiger partial charge in [-0.15, -0.1) is 0 Å². The van der Waals surface area contributed by atoms with E-state index in [0.29, 0.717) is 21.4 Å². The number of hydrogen-bond donors (Lipinski definition) is 1. The average Bonchev–Trinajstić information content (AvgIpc) is 3.08. The summed E-state index contributed by atoms with van der Waals surface area (Å²) in [6, 6.07) is 22.7. The number of benzene rings is 3. The first-order chi connectivity index (χ1) is 14.1. The van der Waals surface area contributed by atoms with Gasteiger partial charge in [-0.05, 0) is 63.1 Å². The summed E-state index contributed by atoms with van der Waals surface area (Å²) in [6.45, 7) is 0. The minimum atomic E-state index is -0.284. The van der Waals surface area contributed by atoms with Gasteiger partial charge >= 0.3 is 0 Å². The monoisotopic (exact) mass is 484 g/mol. The van der Waals surface area contributed by atoms with Crippen LogP contribution in [-0.2, 0) is 0 Å². The third-order valence-corrected chi connectivity index (χ3v) is 6.17. The van der Waals surface area contributed by atoms with Crippen LogP contribution in [0.3, 0.4) is 0 Å². The SMILES string of the molecule is O=C(N/N=C/c1cc(Br)c(Sc2ccc(Cl)cc2)o1)c1ccc2ccccc2c1. The van der Waals surface area contributed by atoms with Crippen LogP contribution in [0.4, 0.5) is 0 Å². The molecule has 0 fully saturated rings. The molecule has 3 aromatic carbocycles. The Bertz CT molecular complexity index is 1210. The fourth-order valence-electron chi connectivity index (χ4n) is 2.66. The van der Waals surface area contributed by atoms with Gasteiger partial charge in [-0.2, -0.15) is 5.10 Å². The van der Waals surface area contributed by atoms with Gasteiger partial charge in [0.1, 0.15) is 5.76 Å². The molecule has 0 atom stereocenters. The Morgan fingerprint density at radius 2 is 1.79 bits per heavy atom. The number of hydrazone groups is 1. The highest BCUT2D eigenvalue weighted by atomic mass is 79.9. The van der Waals surface area contributed by atoms with E-state index < -0.39 is 0 Å². The number of nitrogens with zero attached hydrogens (tertiary/aromatic N) is 1. The fourth-order valence-corrected chi connectivity index (χ4v) is 4.12. The quantitative estimate of drug-likeness (QED) is 0.251. The van der Waals surface area contributed by atoms with E-state index in [9.17, 15) is 4.79 Å². The minimum absolute atomic E-state index is 0.284. The predicted octanol–water partition coefficient (Wildman–Crippen LogP) is 6.76. The van der Waals surface area contributed by atoms with E-state index in [1.165, 1.54) is 18.0 Å². The van der Waals surface area contributed by atoms with Gasteiger partial charge in [0.2, 0.25) is 0 Å². The molecule has 0 aliphatic rings. The average molecular weight is 486 g/mol. The number of carbonyl (C=O) groups excluding carboxylic acids is 1. The zero-order chi connectivity index (χ0) is 20.2. The van der Waals surface area contributed by atoms with Crippen molar-refractivity contribution in [3.63, 3.8) is 0 Å². The topological polar surface area (TPSA) is 54.6 Å². The number of carbonyl (C=O) groups is 1. The molecule has 0 radical (unpaired) electrons. The van der Waals surface area contributed by atoms with Gasteiger partial charge in [-0.25, -0.2) is 5.43 Å². The molecule has 0 saturated heterocycles. The van der Waals surface area contributed by atoms with E-state index in [-0.39, 0.29) is 5.91 Å². The normalized spacial score (nSPS) is 11.2. The molecule has 0 spiro atoms. The highest BCUT2D eigenvalue weighted by Crippen LogP contribution is 2.35. The van der Waals surface area contributed by atoms with Crippen LogP contribution in [0, 0.1) is 0 Å². The van der Waals surface area contributed by atoms with Crippen molar-refractivity contribution in [2.24, 2.45) is 5.10 Å². The minimum Gasteiger partial charge on any atom is -0.447 e. The third kappa shape index (κ3) is 4.90. The molecule has 144 valence electrons. The van der Waals surface area contributed by atoms with Crippen LogP contribution >= 0.6 is 39.3 Å². The summed E-state index contributed by atoms with van der Waals surface area (Å²) in [6.07, 6.45) is 1.47. The molecule has 0 aliphatic heterocycles. The first-order valence-corrected chi connectivity index (χ1v) is 10.6. The smallest absolute Gasteiger partial charge is 0.271 e. The molecule has 0 bridgehead atoms. The molecule has 4 aromatic rings. The summed E-state index contributed by atoms with van der Waals surface area (Å²) in [7, 11) is 0. The lowest BCUT2D eigenvalue weighted by Crippen LogP contribution is -2.17. The molecule has 0 aliphatic carbocycles. The Morgan fingerprint density at radius 1 is 1.03 bits per heavy atom. The molecule has 1 N–H and O–H groups in total. The molecule has 1 aromatic heterocycles. The van der Waals surface area contributed by atoms with Crippen molar-refractivity contribution in [1.82, 2.24) is 5.43 Å². The Balaban J connectivity index is 1.42. The van der Waals surface area contributed by atoms with E-state index in [2.05, 4.69) is 26.5 Å². The number of amides is 1. The summed E-state index contributed by atoms with van der Waals surface area (Å²) in [5.41, 5.74) is 3.07. The van der Waals surface area contributed by atoms with Crippen molar-refractivity contribution in [3.8, 4) is 0 Å². The number of hydrogen-bond acceptors (Lipinski definition) is 4. The van der Waals surface area contributed by atoms with Gasteiger partial charge in [-0.3, -0.25) is 4.79 Å². The number of rotatable bonds is 5. The molecule has 7 heteroatoms. The maximum absolute atomic E-state index is 12.3. The van der Waals surface area contributed by atoms with E-state index in [1.807, 2.05) is 60.7 Å². The van der Waals surface area contributed by atoms with E-state index >= 15 is 0 Å². The molecular formula is C22H14BrClN2O2S. The summed E-state index contributed by atoms with van der Waals surface area (Å²) in [5, 5.41) is 7.46. The van der Waals surface area contributed by atoms with Crippen LogP contribution in [0.2, 0.25) is 5.02 Å². The van der Waals surface area contributed by atoms with Gasteiger partial charge in [0, 0.05) is 21.5 Å². The first kappa shape index (κ1) is 19.8. The van der Waals surface area contributed by atoms with Crippen LogP contribution < -0.4 is 5.43 Å². The van der Waals surface area contributed by atoms with Crippen LogP contribution in [0.15, 0.2) is 96.8 Å². The van der Waals surface area contributed by atoms with Gasteiger partial charge in [0.05, 0.1) is 10.7 Å². The molecular weight excluding hydrogens is 472 g/mol. The van der Waals surface area contributed by atoms with Crippen LogP contribution in [0.25, 0.3) is 10.8 Å². The summed E-state index contributed by atoms with van der Waals surface area (Å²) in [4.78, 5) is 13.3. The van der Waals surface area contributed by atoms with Gasteiger partial charge in [0.25, 0.3) is 5.91 Å². The summed E-state index contributed by atoms with van der Waals surface area (Å²) in [5.74, 6) is 0.237. The van der Waals surface area contributed by atoms with Crippen molar-refractivity contribution < 1.29 is 9.21 Å². The lowest BCUT2D eigenvalue weighted by atomic mass is 10.1. The maximum atomic E-state index is 12.3. The Kier molecular flexibility index (Phi) is 6.04. The van der Waals surface area contributed by atoms with Gasteiger partial charge in [0.15, 0.2) is 5.09 Å². The van der Waals surface area contributed by atoms with Gasteiger partial charge in [-0.1, -0.05) is 53.7 Å². The molecule has 1 amide bonds. The highest BCUT2D eigenvalue weighted by molar-refractivity contribution is 9.10. The lowest BCUT2D eigenvalue weighted by Gasteiger charge is -2.02. The standard InChI is InChI=1S/C22H14BrClN2O2S/c23-20-12-18(28-22(20)29-19-9-7-17(24)8-10-19)13-25-26-21(27)16-6-5-14-3-1-2-4-15(14)11-16/h1-13H,(H,26,27)/b25-13+.